The maximum absolute atomic E-state index is 11.8. The van der Waals surface area contributed by atoms with Gasteiger partial charge in [0, 0.05) is 12.1 Å². The van der Waals surface area contributed by atoms with Crippen molar-refractivity contribution in [3.63, 3.8) is 0 Å². The van der Waals surface area contributed by atoms with Gasteiger partial charge in [0.15, 0.2) is 10.6 Å². The first-order valence-corrected chi connectivity index (χ1v) is 6.10. The summed E-state index contributed by atoms with van der Waals surface area (Å²) in [6, 6.07) is 9.07. The van der Waals surface area contributed by atoms with Crippen molar-refractivity contribution in [2.45, 2.75) is 20.0 Å². The summed E-state index contributed by atoms with van der Waals surface area (Å²) >= 11 is 5.08. The molecule has 0 atom stereocenters. The topological polar surface area (TPSA) is 62.7 Å². The maximum Gasteiger partial charge on any atom is 0.251 e. The Hall–Kier alpha value is -1.95. The number of aromatic nitrogens is 3. The first-order chi connectivity index (χ1) is 8.72. The molecule has 2 aromatic rings. The van der Waals surface area contributed by atoms with Gasteiger partial charge < -0.3 is 9.88 Å². The fraction of sp³-hybridized carbons (Fsp3) is 0.250. The molecule has 18 heavy (non-hydrogen) atoms. The molecule has 0 unspecified atom stereocenters. The Morgan fingerprint density at radius 3 is 2.83 bits per heavy atom. The van der Waals surface area contributed by atoms with Gasteiger partial charge in [-0.2, -0.15) is 5.10 Å². The van der Waals surface area contributed by atoms with Gasteiger partial charge in [0.2, 0.25) is 0 Å². The average molecular weight is 262 g/mol. The van der Waals surface area contributed by atoms with Crippen molar-refractivity contribution in [1.82, 2.24) is 20.1 Å². The highest BCUT2D eigenvalue weighted by Gasteiger charge is 2.08. The molecule has 6 heteroatoms. The van der Waals surface area contributed by atoms with E-state index in [-0.39, 0.29) is 5.91 Å². The molecule has 2 N–H and O–H groups in total. The Kier molecular flexibility index (Phi) is 3.88. The van der Waals surface area contributed by atoms with E-state index < -0.39 is 0 Å². The summed E-state index contributed by atoms with van der Waals surface area (Å²) in [5, 5.41) is 9.61. The van der Waals surface area contributed by atoms with Gasteiger partial charge in [-0.15, -0.1) is 0 Å². The quantitative estimate of drug-likeness (QED) is 0.827. The molecule has 0 aliphatic heterocycles. The van der Waals surface area contributed by atoms with Crippen LogP contribution in [0.25, 0.3) is 0 Å². The van der Waals surface area contributed by atoms with Crippen molar-refractivity contribution >= 4 is 18.1 Å². The number of hydrogen-bond donors (Lipinski definition) is 2. The van der Waals surface area contributed by atoms with Crippen molar-refractivity contribution in [2.24, 2.45) is 0 Å². The molecule has 5 nitrogen and oxygen atoms in total. The van der Waals surface area contributed by atoms with E-state index in [9.17, 15) is 4.79 Å². The van der Waals surface area contributed by atoms with E-state index >= 15 is 0 Å². The van der Waals surface area contributed by atoms with Gasteiger partial charge in [0.05, 0.1) is 6.54 Å². The molecule has 1 amide bonds. The van der Waals surface area contributed by atoms with Gasteiger partial charge in [-0.05, 0) is 31.3 Å². The van der Waals surface area contributed by atoms with Crippen LogP contribution in [0.3, 0.4) is 0 Å². The lowest BCUT2D eigenvalue weighted by Gasteiger charge is -2.05. The number of carbonyl (C=O) groups excluding carboxylic acids is 1. The van der Waals surface area contributed by atoms with Crippen molar-refractivity contribution in [1.29, 1.82) is 0 Å². The van der Waals surface area contributed by atoms with Gasteiger partial charge in [-0.25, -0.2) is 0 Å². The number of rotatable bonds is 4. The molecule has 1 heterocycles. The largest absolute Gasteiger partial charge is 0.345 e. The summed E-state index contributed by atoms with van der Waals surface area (Å²) in [5.74, 6) is 0.610. The van der Waals surface area contributed by atoms with Crippen LogP contribution >= 0.6 is 12.2 Å². The molecule has 2 rings (SSSR count). The predicted octanol–water partition coefficient (Wildman–Crippen LogP) is 1.89. The lowest BCUT2D eigenvalue weighted by atomic mass is 10.2. The van der Waals surface area contributed by atoms with E-state index in [0.717, 1.165) is 12.4 Å². The second-order valence-corrected chi connectivity index (χ2v) is 4.12. The van der Waals surface area contributed by atoms with E-state index in [0.29, 0.717) is 16.9 Å². The number of amides is 1. The van der Waals surface area contributed by atoms with Gasteiger partial charge >= 0.3 is 0 Å². The van der Waals surface area contributed by atoms with E-state index in [1.165, 1.54) is 0 Å². The molecular weight excluding hydrogens is 248 g/mol. The van der Waals surface area contributed by atoms with Crippen LogP contribution in [0.5, 0.6) is 0 Å². The van der Waals surface area contributed by atoms with Crippen molar-refractivity contribution < 1.29 is 4.79 Å². The van der Waals surface area contributed by atoms with Gasteiger partial charge in [0.1, 0.15) is 0 Å². The van der Waals surface area contributed by atoms with Crippen LogP contribution in [0.4, 0.5) is 0 Å². The third kappa shape index (κ3) is 2.65. The Labute approximate surface area is 110 Å². The van der Waals surface area contributed by atoms with Crippen LogP contribution in [0.1, 0.15) is 23.1 Å². The molecule has 1 aromatic carbocycles. The highest BCUT2D eigenvalue weighted by Crippen LogP contribution is 2.00. The zero-order valence-electron chi connectivity index (χ0n) is 10.0. The predicted molar refractivity (Wildman–Crippen MR) is 70.7 cm³/mol. The summed E-state index contributed by atoms with van der Waals surface area (Å²) in [4.78, 5) is 11.8. The number of nitrogens with zero attached hydrogens (tertiary/aromatic N) is 2. The third-order valence-electron chi connectivity index (χ3n) is 2.60. The zero-order chi connectivity index (χ0) is 13.0. The second kappa shape index (κ2) is 5.59. The summed E-state index contributed by atoms with van der Waals surface area (Å²) in [5.41, 5.74) is 0.634. The second-order valence-electron chi connectivity index (χ2n) is 3.74. The summed E-state index contributed by atoms with van der Waals surface area (Å²) < 4.78 is 2.42. The van der Waals surface area contributed by atoms with Crippen LogP contribution in [-0.2, 0) is 13.1 Å². The van der Waals surface area contributed by atoms with Gasteiger partial charge in [-0.3, -0.25) is 9.89 Å². The van der Waals surface area contributed by atoms with Crippen LogP contribution < -0.4 is 5.32 Å². The first-order valence-electron chi connectivity index (χ1n) is 5.69. The van der Waals surface area contributed by atoms with Crippen molar-refractivity contribution in [3.8, 4) is 0 Å². The van der Waals surface area contributed by atoms with Crippen LogP contribution in [0.2, 0.25) is 0 Å². The van der Waals surface area contributed by atoms with E-state index in [4.69, 9.17) is 12.2 Å². The molecule has 0 saturated heterocycles. The molecular formula is C12H14N4OS. The van der Waals surface area contributed by atoms with E-state index in [1.807, 2.05) is 29.7 Å². The van der Waals surface area contributed by atoms with Crippen LogP contribution in [0.15, 0.2) is 30.3 Å². The third-order valence-corrected chi connectivity index (χ3v) is 2.91. The molecule has 0 saturated carbocycles. The Morgan fingerprint density at radius 1 is 1.44 bits per heavy atom. The molecule has 94 valence electrons. The standard InChI is InChI=1S/C12H14N4OS/c1-2-16-10(14-15-12(16)18)8-13-11(17)9-6-4-3-5-7-9/h3-7H,2,8H2,1H3,(H,13,17)(H,15,18). The molecule has 0 bridgehead atoms. The smallest absolute Gasteiger partial charge is 0.251 e. The van der Waals surface area contributed by atoms with Crippen molar-refractivity contribution in [3.05, 3.63) is 46.5 Å². The fourth-order valence-electron chi connectivity index (χ4n) is 1.66. The normalized spacial score (nSPS) is 10.3. The Morgan fingerprint density at radius 2 is 2.17 bits per heavy atom. The minimum absolute atomic E-state index is 0.118. The van der Waals surface area contributed by atoms with Crippen molar-refractivity contribution in [2.75, 3.05) is 0 Å². The summed E-state index contributed by atoms with van der Waals surface area (Å²) in [7, 11) is 0. The lowest BCUT2D eigenvalue weighted by Crippen LogP contribution is -2.24. The molecule has 0 aliphatic rings. The maximum atomic E-state index is 11.8. The minimum Gasteiger partial charge on any atom is -0.345 e. The zero-order valence-corrected chi connectivity index (χ0v) is 10.8. The summed E-state index contributed by atoms with van der Waals surface area (Å²) in [6.45, 7) is 3.06. The molecule has 1 aromatic heterocycles. The monoisotopic (exact) mass is 262 g/mol. The van der Waals surface area contributed by atoms with E-state index in [2.05, 4.69) is 15.5 Å². The minimum atomic E-state index is -0.118. The lowest BCUT2D eigenvalue weighted by molar-refractivity contribution is 0.0949. The first kappa shape index (κ1) is 12.5. The fourth-order valence-corrected chi connectivity index (χ4v) is 1.94. The van der Waals surface area contributed by atoms with E-state index in [1.54, 1.807) is 12.1 Å². The molecule has 0 spiro atoms. The molecule has 0 fully saturated rings. The van der Waals surface area contributed by atoms with Crippen LogP contribution in [0, 0.1) is 4.77 Å². The summed E-state index contributed by atoms with van der Waals surface area (Å²) in [6.07, 6.45) is 0. The highest BCUT2D eigenvalue weighted by atomic mass is 32.1. The number of H-pyrrole nitrogens is 1. The van der Waals surface area contributed by atoms with Crippen LogP contribution in [-0.4, -0.2) is 20.7 Å². The van der Waals surface area contributed by atoms with Gasteiger partial charge in [0.25, 0.3) is 5.91 Å². The number of aromatic amines is 1. The molecule has 0 radical (unpaired) electrons. The highest BCUT2D eigenvalue weighted by molar-refractivity contribution is 7.71. The Bertz CT molecular complexity index is 588. The Balaban J connectivity index is 2.04. The average Bonchev–Trinajstić information content (AvgIpc) is 2.77. The number of nitrogens with one attached hydrogen (secondary N) is 2. The SMILES string of the molecule is CCn1c(CNC(=O)c2ccccc2)n[nH]c1=S. The number of benzene rings is 1. The van der Waals surface area contributed by atoms with Gasteiger partial charge in [-0.1, -0.05) is 18.2 Å². The number of carbonyl (C=O) groups is 1. The molecule has 0 aliphatic carbocycles. The number of hydrogen-bond acceptors (Lipinski definition) is 3.